The molecule has 0 bridgehead atoms. The lowest BCUT2D eigenvalue weighted by atomic mass is 9.79. The van der Waals surface area contributed by atoms with Gasteiger partial charge in [0.15, 0.2) is 0 Å². The van der Waals surface area contributed by atoms with E-state index < -0.39 is 0 Å². The Morgan fingerprint density at radius 1 is 0.299 bits per heavy atom. The van der Waals surface area contributed by atoms with Gasteiger partial charge in [0.1, 0.15) is 17.4 Å². The molecule has 0 amide bonds. The van der Waals surface area contributed by atoms with E-state index in [2.05, 4.69) is 407 Å². The zero-order valence-electron chi connectivity index (χ0n) is 88.5. The molecule has 11 heteroatoms. The first-order chi connectivity index (χ1) is 57.5. The maximum Gasteiger partial charge on any atom is 0.132 e. The maximum atomic E-state index is 14.3. The van der Waals surface area contributed by atoms with E-state index in [1.165, 1.54) is 122 Å². The monoisotopic (exact) mass is 1790 g/mol. The summed E-state index contributed by atoms with van der Waals surface area (Å²) in [7, 11) is 1.76. The molecule has 9 aromatic rings. The lowest BCUT2D eigenvalue weighted by Gasteiger charge is -2.39. The molecule has 1 atom stereocenters. The summed E-state index contributed by atoms with van der Waals surface area (Å²) in [6.45, 7) is 103. The number of anilines is 1. The minimum absolute atomic E-state index is 0.000119. The molecule has 3 aromatic heterocycles. The number of halogens is 2. The summed E-state index contributed by atoms with van der Waals surface area (Å²) in [4.78, 5) is 16.0. The summed E-state index contributed by atoms with van der Waals surface area (Å²) in [5.74, 6) is 0.884. The van der Waals surface area contributed by atoms with Crippen LogP contribution in [-0.4, -0.2) is 81.1 Å². The largest absolute Gasteiger partial charge is 0.496 e. The van der Waals surface area contributed by atoms with E-state index >= 15 is 0 Å². The molecule has 1 N–H and O–H groups in total. The van der Waals surface area contributed by atoms with Crippen molar-refractivity contribution in [1.29, 1.82) is 0 Å². The Balaban J connectivity index is 0.000000183. The number of methoxy groups -OCH3 is 1. The molecule has 0 radical (unpaired) electrons. The van der Waals surface area contributed by atoms with Crippen molar-refractivity contribution in [3.63, 3.8) is 0 Å². The highest BCUT2D eigenvalue weighted by molar-refractivity contribution is 7.19. The zero-order chi connectivity index (χ0) is 96.1. The van der Waals surface area contributed by atoms with E-state index in [-0.39, 0.29) is 71.6 Å². The van der Waals surface area contributed by atoms with Gasteiger partial charge in [-0.2, -0.15) is 0 Å². The van der Waals surface area contributed by atoms with Crippen molar-refractivity contribution >= 4 is 59.9 Å². The van der Waals surface area contributed by atoms with Gasteiger partial charge in [-0.3, -0.25) is 19.6 Å². The van der Waals surface area contributed by atoms with Crippen molar-refractivity contribution in [1.82, 2.24) is 19.6 Å². The van der Waals surface area contributed by atoms with Gasteiger partial charge in [-0.1, -0.05) is 262 Å². The molecule has 127 heavy (non-hydrogen) atoms. The number of fused-ring (bicyclic) bond motifs is 7. The van der Waals surface area contributed by atoms with Crippen LogP contribution in [0.4, 0.5) is 14.5 Å². The lowest BCUT2D eigenvalue weighted by molar-refractivity contribution is 0.119. The van der Waals surface area contributed by atoms with Crippen molar-refractivity contribution in [2.45, 2.75) is 432 Å². The van der Waals surface area contributed by atoms with Gasteiger partial charge in [-0.25, -0.2) is 8.78 Å². The van der Waals surface area contributed by atoms with Crippen molar-refractivity contribution in [3.8, 4) is 5.75 Å². The Kier molecular flexibility index (Phi) is 33.1. The predicted molar refractivity (Wildman–Crippen MR) is 559 cm³/mol. The van der Waals surface area contributed by atoms with E-state index in [1.807, 2.05) is 28.7 Å². The Morgan fingerprint density at radius 2 is 0.654 bits per heavy atom. The van der Waals surface area contributed by atoms with Crippen LogP contribution in [0.2, 0.25) is 0 Å². The lowest BCUT2D eigenvalue weighted by Crippen LogP contribution is -2.44. The van der Waals surface area contributed by atoms with E-state index in [0.717, 1.165) is 71.7 Å². The topological polar surface area (TPSA) is 34.2 Å². The van der Waals surface area contributed by atoms with Crippen molar-refractivity contribution in [2.24, 2.45) is 5.41 Å². The molecule has 6 aromatic carbocycles. The number of benzene rings is 6. The highest BCUT2D eigenvalue weighted by Crippen LogP contribution is 2.45. The van der Waals surface area contributed by atoms with E-state index in [9.17, 15) is 8.78 Å². The molecule has 1 unspecified atom stereocenters. The third-order valence-corrected chi connectivity index (χ3v) is 31.1. The molecular formula is C116H177F2N5OS3. The molecule has 6 nitrogen and oxygen atoms in total. The minimum Gasteiger partial charge on any atom is -0.496 e. The summed E-state index contributed by atoms with van der Waals surface area (Å²) in [5, 5.41) is 5.75. The minimum atomic E-state index is -0.0934. The summed E-state index contributed by atoms with van der Waals surface area (Å²) in [6, 6.07) is 40.7. The molecule has 0 saturated heterocycles. The van der Waals surface area contributed by atoms with Crippen LogP contribution in [0, 0.1) is 17.0 Å². The van der Waals surface area contributed by atoms with Gasteiger partial charge in [-0.05, 0) is 308 Å². The fourth-order valence-electron chi connectivity index (χ4n) is 16.7. The van der Waals surface area contributed by atoms with E-state index in [0.29, 0.717) is 22.4 Å². The van der Waals surface area contributed by atoms with Gasteiger partial charge < -0.3 is 10.1 Å². The highest BCUT2D eigenvalue weighted by atomic mass is 32.1. The summed E-state index contributed by atoms with van der Waals surface area (Å²) in [5.41, 5.74) is 23.2. The van der Waals surface area contributed by atoms with Gasteiger partial charge in [0.05, 0.1) is 7.11 Å². The zero-order valence-corrected chi connectivity index (χ0v) is 91.0. The van der Waals surface area contributed by atoms with Gasteiger partial charge >= 0.3 is 0 Å². The number of ether oxygens (including phenoxy) is 1. The highest BCUT2D eigenvalue weighted by Gasteiger charge is 2.36. The van der Waals surface area contributed by atoms with Crippen LogP contribution in [-0.2, 0) is 107 Å². The normalized spacial score (nSPS) is 16.7. The number of rotatable bonds is 1. The van der Waals surface area contributed by atoms with Crippen LogP contribution in [0.1, 0.15) is 395 Å². The molecule has 5 aliphatic rings. The predicted octanol–water partition coefficient (Wildman–Crippen LogP) is 32.7. The first-order valence-electron chi connectivity index (χ1n) is 48.0. The van der Waals surface area contributed by atoms with Crippen LogP contribution >= 0.6 is 34.0 Å². The first kappa shape index (κ1) is 107. The smallest absolute Gasteiger partial charge is 0.132 e. The van der Waals surface area contributed by atoms with Crippen LogP contribution in [0.15, 0.2) is 109 Å². The Bertz CT molecular complexity index is 5080. The molecule has 0 saturated carbocycles. The summed E-state index contributed by atoms with van der Waals surface area (Å²) >= 11 is 5.62. The fraction of sp³-hybridized carbons (Fsp3) is 0.621. The van der Waals surface area contributed by atoms with Gasteiger partial charge in [0, 0.05) is 126 Å². The molecule has 14 rings (SSSR count). The van der Waals surface area contributed by atoms with Crippen LogP contribution in [0.25, 0.3) is 20.2 Å². The SMILES string of the molecule is CC(C)(C)c1cc(F)c2c(c1)CN(C(C)(C)C)CC2.CC(C)(C)c1cc(F)c2cc(C(C)(C)C)sc2c1.CC(C)(C)c1cc2c(s1)CCN(C(C)(C)C)C2.CC(C)(C)c1ccc2c(c1)CCN(C(C)(C)C)C2.CC(C)(C)c1ccc2c(c1)CN(C(C)(C)C)CC2.CC(C)(C)c1ccc2c(c1)NC(C(C)(C)C)CC2.COc1cc(C(C)(C)C)cc2sc(C(C)(C)C)cc12. The van der Waals surface area contributed by atoms with E-state index in [4.69, 9.17) is 4.74 Å². The number of hydrogen-bond acceptors (Lipinski definition) is 9. The number of nitrogens with one attached hydrogen (secondary N) is 1. The number of aryl methyl sites for hydroxylation is 1. The van der Waals surface area contributed by atoms with Crippen LogP contribution in [0.5, 0.6) is 5.75 Å². The molecule has 0 aliphatic carbocycles. The van der Waals surface area contributed by atoms with E-state index in [1.54, 1.807) is 57.0 Å². The second-order valence-electron chi connectivity index (χ2n) is 51.9. The number of nitrogens with zero attached hydrogens (tertiary/aromatic N) is 4. The van der Waals surface area contributed by atoms with Gasteiger partial charge in [0.2, 0.25) is 0 Å². The Labute approximate surface area is 787 Å². The van der Waals surface area contributed by atoms with Gasteiger partial charge in [0.25, 0.3) is 0 Å². The average Bonchev–Trinajstić information content (AvgIpc) is 1.77. The third-order valence-electron chi connectivity index (χ3n) is 26.4. The first-order valence-corrected chi connectivity index (χ1v) is 50.4. The maximum absolute atomic E-state index is 14.3. The Hall–Kier alpha value is -5.76. The number of thiophene rings is 3. The number of hydrogen-bond donors (Lipinski definition) is 1. The third kappa shape index (κ3) is 29.1. The van der Waals surface area contributed by atoms with Gasteiger partial charge in [-0.15, -0.1) is 34.0 Å². The second kappa shape index (κ2) is 39.4. The molecule has 5 aliphatic heterocycles. The quantitative estimate of drug-likeness (QED) is 0.176. The summed E-state index contributed by atoms with van der Waals surface area (Å²) in [6.07, 6.45) is 6.88. The average molecular weight is 1790 g/mol. The standard InChI is InChI=1S/C17H26FN.3C17H27N.C17H24OS.C16H21FS.C15H25NS/c1-16(2,3)13-9-12-11-19(17(4,5)6)8-7-14(12)15(18)10-13;1-16(2,3)13-9-7-12-8-10-15(17(4,5)6)18-14(12)11-13;1-16(2,3)15-8-7-14-12-18(17(4,5)6)10-9-13(14)11-15;1-16(2,3)15-8-7-13-9-10-18(17(4,5)6)12-14(13)11-15;1-16(2,3)11-8-13(18-7)12-10-15(17(4,5)6)19-14(12)9-11;1-15(2,3)10-7-12(17)11-9-14(16(4,5)6)18-13(11)8-10;1-14(2,3)13-9-11-10-16(15(4,5)6)8-7-12(11)17-13/h9-10H,7-8,11H2,1-6H3;7,9,11,15,18H,8,10H2,1-6H3;2*7-8,11H,9-10,12H2,1-6H3;8-10H,1-7H3;7-9H,1-6H3;9H,7-8,10H2,1-6H3. The second-order valence-corrected chi connectivity index (χ2v) is 55.2. The van der Waals surface area contributed by atoms with Crippen LogP contribution in [0.3, 0.4) is 0 Å². The fourth-order valence-corrected chi connectivity index (χ4v) is 20.3. The summed E-state index contributed by atoms with van der Waals surface area (Å²) < 4.78 is 36.4. The Morgan fingerprint density at radius 3 is 1.10 bits per heavy atom. The van der Waals surface area contributed by atoms with Crippen molar-refractivity contribution < 1.29 is 13.5 Å². The molecule has 8 heterocycles. The molecule has 0 spiro atoms. The van der Waals surface area contributed by atoms with Crippen molar-refractivity contribution in [2.75, 3.05) is 38.6 Å². The van der Waals surface area contributed by atoms with Crippen molar-refractivity contribution in [3.05, 3.63) is 218 Å². The van der Waals surface area contributed by atoms with Crippen LogP contribution < -0.4 is 10.1 Å². The molecule has 0 fully saturated rings. The molecular weight excluding hydrogens is 1610 g/mol. The molecule has 704 valence electrons.